The fourth-order valence-electron chi connectivity index (χ4n) is 2.64. The minimum Gasteiger partial charge on any atom is -0.354 e. The molecule has 20 heavy (non-hydrogen) atoms. The van der Waals surface area contributed by atoms with E-state index in [0.717, 1.165) is 24.8 Å². The normalized spacial score (nSPS) is 18.4. The van der Waals surface area contributed by atoms with Gasteiger partial charge in [0, 0.05) is 11.4 Å². The lowest BCUT2D eigenvalue weighted by atomic mass is 9.90. The van der Waals surface area contributed by atoms with Crippen LogP contribution in [0.4, 0.5) is 0 Å². The quantitative estimate of drug-likeness (QED) is 0.807. The van der Waals surface area contributed by atoms with Crippen LogP contribution in [0.25, 0.3) is 0 Å². The number of nitrogens with one attached hydrogen (secondary N) is 1. The molecule has 3 heteroatoms. The summed E-state index contributed by atoms with van der Waals surface area (Å²) in [6.45, 7) is 7.35. The maximum Gasteiger partial charge on any atom is 0.230 e. The molecular formula is C17H24BrNO. The number of hydrogen-bond donors (Lipinski definition) is 1. The summed E-state index contributed by atoms with van der Waals surface area (Å²) in [5.41, 5.74) is 1.17. The smallest absolute Gasteiger partial charge is 0.230 e. The van der Waals surface area contributed by atoms with E-state index in [1.165, 1.54) is 0 Å². The van der Waals surface area contributed by atoms with Gasteiger partial charge in [0.25, 0.3) is 0 Å². The second kappa shape index (κ2) is 5.88. The van der Waals surface area contributed by atoms with Crippen molar-refractivity contribution in [3.63, 3.8) is 0 Å². The summed E-state index contributed by atoms with van der Waals surface area (Å²) >= 11 is 3.67. The monoisotopic (exact) mass is 337 g/mol. The Balaban J connectivity index is 1.90. The molecule has 0 aliphatic heterocycles. The molecular weight excluding hydrogens is 314 g/mol. The van der Waals surface area contributed by atoms with Crippen molar-refractivity contribution in [3.05, 3.63) is 35.9 Å². The Labute approximate surface area is 130 Å². The number of hydrogen-bond acceptors (Lipinski definition) is 1. The van der Waals surface area contributed by atoms with E-state index < -0.39 is 0 Å². The zero-order chi connectivity index (χ0) is 14.8. The van der Waals surface area contributed by atoms with Crippen LogP contribution in [0, 0.1) is 5.41 Å². The van der Waals surface area contributed by atoms with Crippen molar-refractivity contribution >= 4 is 21.8 Å². The summed E-state index contributed by atoms with van der Waals surface area (Å²) in [5, 5.41) is 3.12. The van der Waals surface area contributed by atoms with Crippen molar-refractivity contribution in [2.45, 2.75) is 50.3 Å². The highest BCUT2D eigenvalue weighted by atomic mass is 79.9. The van der Waals surface area contributed by atoms with Crippen LogP contribution < -0.4 is 5.32 Å². The molecule has 1 aliphatic rings. The molecule has 1 amide bonds. The van der Waals surface area contributed by atoms with Crippen LogP contribution in [0.15, 0.2) is 30.3 Å². The molecule has 0 radical (unpaired) electrons. The Hall–Kier alpha value is -0.830. The molecule has 0 heterocycles. The van der Waals surface area contributed by atoms with E-state index in [0.29, 0.717) is 11.4 Å². The van der Waals surface area contributed by atoms with Crippen molar-refractivity contribution in [1.82, 2.24) is 5.32 Å². The van der Waals surface area contributed by atoms with Gasteiger partial charge >= 0.3 is 0 Å². The van der Waals surface area contributed by atoms with Gasteiger partial charge in [-0.15, -0.1) is 0 Å². The van der Waals surface area contributed by atoms with Crippen LogP contribution in [0.2, 0.25) is 0 Å². The van der Waals surface area contributed by atoms with Crippen LogP contribution in [-0.4, -0.2) is 17.3 Å². The number of carbonyl (C=O) groups is 1. The van der Waals surface area contributed by atoms with Gasteiger partial charge in [0.05, 0.1) is 5.41 Å². The van der Waals surface area contributed by atoms with Gasteiger partial charge in [-0.25, -0.2) is 0 Å². The molecule has 1 aromatic rings. The molecule has 2 nitrogen and oxygen atoms in total. The highest BCUT2D eigenvalue weighted by molar-refractivity contribution is 9.09. The standard InChI is InChI=1S/C17H24BrNO/c1-16(2,3)11-14(18)12-19-15(20)17(9-10-17)13-7-5-4-6-8-13/h4-8,14H,9-12H2,1-3H3,(H,19,20). The SMILES string of the molecule is CC(C)(C)CC(Br)CNC(=O)C1(c2ccccc2)CC1. The minimum atomic E-state index is -0.254. The lowest BCUT2D eigenvalue weighted by molar-refractivity contribution is -0.123. The Bertz CT molecular complexity index is 460. The molecule has 1 unspecified atom stereocenters. The Kier molecular flexibility index (Phi) is 4.58. The van der Waals surface area contributed by atoms with Crippen molar-refractivity contribution in [2.75, 3.05) is 6.54 Å². The van der Waals surface area contributed by atoms with Crippen molar-refractivity contribution in [3.8, 4) is 0 Å². The first-order valence-electron chi connectivity index (χ1n) is 7.31. The van der Waals surface area contributed by atoms with E-state index in [9.17, 15) is 4.79 Å². The number of amides is 1. The predicted octanol–water partition coefficient (Wildman–Crippen LogP) is 4.03. The van der Waals surface area contributed by atoms with Crippen LogP contribution in [-0.2, 0) is 10.2 Å². The summed E-state index contributed by atoms with van der Waals surface area (Å²) in [5.74, 6) is 0.182. The first-order valence-corrected chi connectivity index (χ1v) is 8.23. The molecule has 0 saturated heterocycles. The van der Waals surface area contributed by atoms with E-state index >= 15 is 0 Å². The third-order valence-electron chi connectivity index (χ3n) is 3.83. The second-order valence-corrected chi connectivity index (χ2v) is 8.32. The molecule has 1 saturated carbocycles. The summed E-state index contributed by atoms with van der Waals surface area (Å²) in [6.07, 6.45) is 2.98. The molecule has 110 valence electrons. The van der Waals surface area contributed by atoms with E-state index in [2.05, 4.69) is 54.2 Å². The van der Waals surface area contributed by atoms with Gasteiger partial charge in [-0.2, -0.15) is 0 Å². The molecule has 1 aromatic carbocycles. The number of alkyl halides is 1. The summed E-state index contributed by atoms with van der Waals surface area (Å²) in [6, 6.07) is 10.1. The molecule has 2 rings (SSSR count). The van der Waals surface area contributed by atoms with Gasteiger partial charge in [0.15, 0.2) is 0 Å². The topological polar surface area (TPSA) is 29.1 Å². The van der Waals surface area contributed by atoms with Crippen LogP contribution in [0.5, 0.6) is 0 Å². The van der Waals surface area contributed by atoms with Crippen molar-refractivity contribution < 1.29 is 4.79 Å². The lowest BCUT2D eigenvalue weighted by Crippen LogP contribution is -2.38. The van der Waals surface area contributed by atoms with Crippen LogP contribution >= 0.6 is 15.9 Å². The summed E-state index contributed by atoms with van der Waals surface area (Å²) < 4.78 is 0. The Morgan fingerprint density at radius 2 is 1.90 bits per heavy atom. The minimum absolute atomic E-state index is 0.182. The van der Waals surface area contributed by atoms with Crippen molar-refractivity contribution in [1.29, 1.82) is 0 Å². The van der Waals surface area contributed by atoms with Crippen molar-refractivity contribution in [2.24, 2.45) is 5.41 Å². The molecule has 0 bridgehead atoms. The average molecular weight is 338 g/mol. The average Bonchev–Trinajstić information content (AvgIpc) is 3.16. The van der Waals surface area contributed by atoms with E-state index in [1.54, 1.807) is 0 Å². The first-order chi connectivity index (χ1) is 9.33. The van der Waals surface area contributed by atoms with Gasteiger partial charge in [0.2, 0.25) is 5.91 Å². The van der Waals surface area contributed by atoms with Gasteiger partial charge in [-0.05, 0) is 30.2 Å². The molecule has 0 aromatic heterocycles. The largest absolute Gasteiger partial charge is 0.354 e. The zero-order valence-electron chi connectivity index (χ0n) is 12.6. The highest BCUT2D eigenvalue weighted by Gasteiger charge is 2.51. The Morgan fingerprint density at radius 3 is 2.40 bits per heavy atom. The summed E-state index contributed by atoms with van der Waals surface area (Å²) in [7, 11) is 0. The van der Waals surface area contributed by atoms with E-state index in [-0.39, 0.29) is 16.7 Å². The predicted molar refractivity (Wildman–Crippen MR) is 87.2 cm³/mol. The fourth-order valence-corrected chi connectivity index (χ4v) is 3.77. The fraction of sp³-hybridized carbons (Fsp3) is 0.588. The summed E-state index contributed by atoms with van der Waals surface area (Å²) in [4.78, 5) is 12.8. The number of carbonyl (C=O) groups excluding carboxylic acids is 1. The molecule has 0 spiro atoms. The van der Waals surface area contributed by atoms with E-state index in [1.807, 2.05) is 18.2 Å². The third kappa shape index (κ3) is 3.85. The molecule has 1 aliphatic carbocycles. The van der Waals surface area contributed by atoms with Gasteiger partial charge < -0.3 is 5.32 Å². The first kappa shape index (κ1) is 15.6. The molecule has 1 atom stereocenters. The molecule has 1 N–H and O–H groups in total. The van der Waals surface area contributed by atoms with Gasteiger partial charge in [0.1, 0.15) is 0 Å². The van der Waals surface area contributed by atoms with Crippen LogP contribution in [0.3, 0.4) is 0 Å². The number of rotatable bonds is 5. The van der Waals surface area contributed by atoms with E-state index in [4.69, 9.17) is 0 Å². The maximum absolute atomic E-state index is 12.5. The zero-order valence-corrected chi connectivity index (χ0v) is 14.2. The number of halogens is 1. The second-order valence-electron chi connectivity index (χ2n) is 7.02. The van der Waals surface area contributed by atoms with Gasteiger partial charge in [-0.1, -0.05) is 67.0 Å². The molecule has 1 fully saturated rings. The lowest BCUT2D eigenvalue weighted by Gasteiger charge is -2.23. The van der Waals surface area contributed by atoms with Crippen LogP contribution in [0.1, 0.15) is 45.6 Å². The Morgan fingerprint density at radius 1 is 1.30 bits per heavy atom. The number of benzene rings is 1. The highest BCUT2D eigenvalue weighted by Crippen LogP contribution is 2.48. The maximum atomic E-state index is 12.5. The third-order valence-corrected chi connectivity index (χ3v) is 4.48. The van der Waals surface area contributed by atoms with Gasteiger partial charge in [-0.3, -0.25) is 4.79 Å².